The van der Waals surface area contributed by atoms with E-state index in [9.17, 15) is 22.3 Å². The van der Waals surface area contributed by atoms with Gasteiger partial charge >= 0.3 is 10.2 Å². The first kappa shape index (κ1) is 12.4. The van der Waals surface area contributed by atoms with Crippen LogP contribution in [0.2, 0.25) is 0 Å². The first-order valence-electron chi connectivity index (χ1n) is 4.64. The molecule has 0 unspecified atom stereocenters. The summed E-state index contributed by atoms with van der Waals surface area (Å²) >= 11 is 0. The van der Waals surface area contributed by atoms with E-state index >= 15 is 0 Å². The smallest absolute Gasteiger partial charge is 0.330 e. The number of aliphatic hydroxyl groups is 1. The fourth-order valence-electron chi connectivity index (χ4n) is 1.51. The van der Waals surface area contributed by atoms with E-state index in [4.69, 9.17) is 5.11 Å². The highest BCUT2D eigenvalue weighted by Crippen LogP contribution is 2.36. The molecule has 3 N–H and O–H groups in total. The summed E-state index contributed by atoms with van der Waals surface area (Å²) in [5.74, 6) is -4.33. The van der Waals surface area contributed by atoms with Gasteiger partial charge in [0.1, 0.15) is 11.4 Å². The molecule has 1 heterocycles. The van der Waals surface area contributed by atoms with Crippen molar-refractivity contribution in [1.29, 1.82) is 0 Å². The lowest BCUT2D eigenvalue weighted by atomic mass is 10.2. The summed E-state index contributed by atoms with van der Waals surface area (Å²) in [5.41, 5.74) is -1.07. The minimum Gasteiger partial charge on any atom is -0.506 e. The Morgan fingerprint density at radius 2 is 1.89 bits per heavy atom. The number of hydrogen-bond acceptors (Lipinski definition) is 4. The number of rotatable bonds is 1. The maximum atomic E-state index is 13.7. The molecule has 1 aliphatic heterocycles. The van der Waals surface area contributed by atoms with Gasteiger partial charge in [0.2, 0.25) is 5.88 Å². The van der Waals surface area contributed by atoms with Crippen LogP contribution in [0.15, 0.2) is 18.1 Å². The molecule has 2 rings (SSSR count). The molecule has 0 aliphatic carbocycles. The molecule has 1 aromatic rings. The van der Waals surface area contributed by atoms with Crippen molar-refractivity contribution >= 4 is 15.9 Å². The molecule has 0 saturated carbocycles. The number of aromatic hydroxyl groups is 1. The Balaban J connectivity index is 2.70. The summed E-state index contributed by atoms with van der Waals surface area (Å²) in [6, 6.07) is 0.881. The van der Waals surface area contributed by atoms with Crippen molar-refractivity contribution in [3.63, 3.8) is 0 Å². The zero-order chi connectivity index (χ0) is 13.7. The van der Waals surface area contributed by atoms with Gasteiger partial charge in [-0.3, -0.25) is 0 Å². The zero-order valence-corrected chi connectivity index (χ0v) is 9.79. The molecule has 98 valence electrons. The van der Waals surface area contributed by atoms with Gasteiger partial charge in [0.05, 0.1) is 6.20 Å². The second kappa shape index (κ2) is 3.73. The van der Waals surface area contributed by atoms with Crippen molar-refractivity contribution in [1.82, 2.24) is 4.72 Å². The fourth-order valence-corrected chi connectivity index (χ4v) is 2.58. The van der Waals surface area contributed by atoms with Gasteiger partial charge in [-0.2, -0.15) is 8.42 Å². The van der Waals surface area contributed by atoms with Crippen molar-refractivity contribution in [2.75, 3.05) is 4.31 Å². The van der Waals surface area contributed by atoms with Gasteiger partial charge in [-0.15, -0.1) is 0 Å². The predicted octanol–water partition coefficient (Wildman–Crippen LogP) is 0.990. The lowest BCUT2D eigenvalue weighted by Gasteiger charge is -2.17. The fraction of sp³-hybridized carbons (Fsp3) is 0.111. The number of anilines is 1. The Morgan fingerprint density at radius 3 is 2.39 bits per heavy atom. The predicted molar refractivity (Wildman–Crippen MR) is 58.0 cm³/mol. The highest BCUT2D eigenvalue weighted by molar-refractivity contribution is 7.91. The van der Waals surface area contributed by atoms with Gasteiger partial charge < -0.3 is 10.2 Å². The normalized spacial score (nSPS) is 17.5. The minimum atomic E-state index is -4.29. The minimum absolute atomic E-state index is 0.175. The Hall–Kier alpha value is -2.03. The van der Waals surface area contributed by atoms with Crippen LogP contribution in [-0.4, -0.2) is 18.6 Å². The number of phenolic OH excluding ortho intramolecular Hbond substituents is 1. The number of nitrogens with zero attached hydrogens (tertiary/aromatic N) is 1. The Bertz CT molecular complexity index is 657. The molecule has 0 radical (unpaired) electrons. The molecule has 9 heteroatoms. The van der Waals surface area contributed by atoms with Gasteiger partial charge in [-0.25, -0.2) is 17.8 Å². The summed E-state index contributed by atoms with van der Waals surface area (Å²) in [6.07, 6.45) is 0.613. The number of halogens is 2. The number of aryl methyl sites for hydroxylation is 1. The third-order valence-corrected chi connectivity index (χ3v) is 3.57. The van der Waals surface area contributed by atoms with E-state index in [2.05, 4.69) is 0 Å². The van der Waals surface area contributed by atoms with E-state index in [1.807, 2.05) is 0 Å². The van der Waals surface area contributed by atoms with E-state index in [-0.39, 0.29) is 9.87 Å². The number of phenols is 1. The summed E-state index contributed by atoms with van der Waals surface area (Å²) in [5, 5.41) is 18.6. The summed E-state index contributed by atoms with van der Waals surface area (Å²) in [7, 11) is -4.29. The highest BCUT2D eigenvalue weighted by atomic mass is 32.2. The molecule has 0 amide bonds. The zero-order valence-electron chi connectivity index (χ0n) is 8.98. The molecule has 1 aliphatic rings. The number of aliphatic hydroxyl groups excluding tert-OH is 1. The maximum Gasteiger partial charge on any atom is 0.330 e. The lowest BCUT2D eigenvalue weighted by molar-refractivity contribution is 0.392. The largest absolute Gasteiger partial charge is 0.506 e. The molecule has 0 fully saturated rings. The van der Waals surface area contributed by atoms with Gasteiger partial charge in [-0.1, -0.05) is 0 Å². The topological polar surface area (TPSA) is 89.9 Å². The molecule has 0 aromatic heterocycles. The van der Waals surface area contributed by atoms with Crippen LogP contribution in [0.25, 0.3) is 0 Å². The molecule has 6 nitrogen and oxygen atoms in total. The molecule has 18 heavy (non-hydrogen) atoms. The molecule has 0 saturated heterocycles. The van der Waals surface area contributed by atoms with Gasteiger partial charge in [-0.05, 0) is 18.6 Å². The van der Waals surface area contributed by atoms with Crippen LogP contribution in [-0.2, 0) is 10.2 Å². The lowest BCUT2D eigenvalue weighted by Crippen LogP contribution is -2.30. The Morgan fingerprint density at radius 1 is 1.28 bits per heavy atom. The summed E-state index contributed by atoms with van der Waals surface area (Å²) < 4.78 is 51.8. The standard InChI is InChI=1S/C9H8F2N2O4S/c1-4-2-5(14)9(8(11)7(4)10)13-3-6(15)12-18(13,16)17/h2-3,12,14-15H,1H3. The highest BCUT2D eigenvalue weighted by Gasteiger charge is 2.34. The molecule has 0 spiro atoms. The van der Waals surface area contributed by atoms with Crippen LogP contribution in [0.1, 0.15) is 5.56 Å². The number of hydrogen-bond donors (Lipinski definition) is 3. The number of nitrogens with one attached hydrogen (secondary N) is 1. The van der Waals surface area contributed by atoms with Crippen LogP contribution in [0.3, 0.4) is 0 Å². The van der Waals surface area contributed by atoms with Crippen molar-refractivity contribution in [2.24, 2.45) is 0 Å². The van der Waals surface area contributed by atoms with E-state index < -0.39 is 39.2 Å². The van der Waals surface area contributed by atoms with Crippen LogP contribution in [0, 0.1) is 18.6 Å². The second-order valence-corrected chi connectivity index (χ2v) is 5.15. The number of benzene rings is 1. The summed E-state index contributed by atoms with van der Waals surface area (Å²) in [6.45, 7) is 1.21. The monoisotopic (exact) mass is 278 g/mol. The quantitative estimate of drug-likeness (QED) is 0.714. The average molecular weight is 278 g/mol. The molecule has 1 aromatic carbocycles. The third-order valence-electron chi connectivity index (χ3n) is 2.30. The summed E-state index contributed by atoms with van der Waals surface area (Å²) in [4.78, 5) is 0. The van der Waals surface area contributed by atoms with Crippen LogP contribution >= 0.6 is 0 Å². The molecular formula is C9H8F2N2O4S. The van der Waals surface area contributed by atoms with Crippen molar-refractivity contribution in [2.45, 2.75) is 6.92 Å². The van der Waals surface area contributed by atoms with Crippen LogP contribution in [0.4, 0.5) is 14.5 Å². The van der Waals surface area contributed by atoms with Crippen LogP contribution < -0.4 is 9.03 Å². The van der Waals surface area contributed by atoms with Gasteiger partial charge in [0.15, 0.2) is 11.6 Å². The van der Waals surface area contributed by atoms with Crippen molar-refractivity contribution < 1.29 is 27.4 Å². The second-order valence-electron chi connectivity index (χ2n) is 3.61. The van der Waals surface area contributed by atoms with E-state index in [1.165, 1.54) is 6.92 Å². The third kappa shape index (κ3) is 1.72. The van der Waals surface area contributed by atoms with Gasteiger partial charge in [0.25, 0.3) is 0 Å². The van der Waals surface area contributed by atoms with Crippen molar-refractivity contribution in [3.05, 3.63) is 35.3 Å². The van der Waals surface area contributed by atoms with Crippen molar-refractivity contribution in [3.8, 4) is 5.75 Å². The average Bonchev–Trinajstić information content (AvgIpc) is 2.49. The van der Waals surface area contributed by atoms with Crippen LogP contribution in [0.5, 0.6) is 5.75 Å². The Kier molecular flexibility index (Phi) is 2.58. The SMILES string of the molecule is Cc1cc(O)c(N2C=C(O)NS2(=O)=O)c(F)c1F. The Labute approximate surface area is 101 Å². The molecular weight excluding hydrogens is 270 g/mol. The molecule has 0 atom stereocenters. The first-order valence-corrected chi connectivity index (χ1v) is 6.08. The van der Waals surface area contributed by atoms with E-state index in [0.717, 1.165) is 6.07 Å². The first-order chi connectivity index (χ1) is 8.24. The van der Waals surface area contributed by atoms with Gasteiger partial charge in [0, 0.05) is 0 Å². The van der Waals surface area contributed by atoms with E-state index in [1.54, 1.807) is 4.72 Å². The molecule has 0 bridgehead atoms. The maximum absolute atomic E-state index is 13.7. The van der Waals surface area contributed by atoms with E-state index in [0.29, 0.717) is 6.20 Å².